The number of amides is 2. The monoisotopic (exact) mass is 956 g/mol. The van der Waals surface area contributed by atoms with E-state index in [2.05, 4.69) is 41.2 Å². The molecule has 0 spiro atoms. The van der Waals surface area contributed by atoms with Crippen LogP contribution in [0.5, 0.6) is 0 Å². The normalized spacial score (nSPS) is 20.5. The van der Waals surface area contributed by atoms with E-state index < -0.39 is 5.97 Å². The van der Waals surface area contributed by atoms with Crippen molar-refractivity contribution in [1.29, 1.82) is 0 Å². The van der Waals surface area contributed by atoms with Gasteiger partial charge in [0.2, 0.25) is 11.8 Å². The maximum atomic E-state index is 14.5. The van der Waals surface area contributed by atoms with Gasteiger partial charge < -0.3 is 34.8 Å². The molecule has 8 bridgehead atoms. The van der Waals surface area contributed by atoms with E-state index in [1.54, 1.807) is 6.92 Å². The third-order valence-electron chi connectivity index (χ3n) is 13.2. The Balaban J connectivity index is 0.00000661. The number of nitrogens with zero attached hydrogens (tertiary/aromatic N) is 6. The van der Waals surface area contributed by atoms with Gasteiger partial charge in [-0.15, -0.1) is 22.1 Å². The van der Waals surface area contributed by atoms with Crippen LogP contribution >= 0.6 is 0 Å². The average molecular weight is 957 g/mol. The van der Waals surface area contributed by atoms with E-state index in [0.29, 0.717) is 108 Å². The molecule has 0 saturated carbocycles. The van der Waals surface area contributed by atoms with E-state index in [0.717, 1.165) is 56.1 Å². The minimum Gasteiger partial charge on any atom is -0.657 e. The summed E-state index contributed by atoms with van der Waals surface area (Å²) in [6.07, 6.45) is 1.24. The number of hydrogen-bond acceptors (Lipinski definition) is 11. The molecule has 16 heteroatoms. The Morgan fingerprint density at radius 1 is 0.778 bits per heavy atom. The third kappa shape index (κ3) is 10.8. The van der Waals surface area contributed by atoms with Crippen LogP contribution in [0.25, 0.3) is 22.1 Å². The van der Waals surface area contributed by atoms with Crippen LogP contribution in [0.2, 0.25) is 0 Å². The molecule has 342 valence electrons. The van der Waals surface area contributed by atoms with Gasteiger partial charge in [-0.05, 0) is 39.2 Å². The maximum absolute atomic E-state index is 14.5. The average Bonchev–Trinajstić information content (AvgIpc) is 3.95. The fraction of sp³-hybridized carbons (Fsp3) is 0.574. The number of ether oxygens (including phenoxy) is 3. The molecule has 63 heavy (non-hydrogen) atoms. The summed E-state index contributed by atoms with van der Waals surface area (Å²) in [5, 5.41) is 6.26. The number of aryl methyl sites for hydroxylation is 2. The predicted octanol–water partition coefficient (Wildman–Crippen LogP) is 4.58. The first kappa shape index (κ1) is 48.2. The fourth-order valence-corrected chi connectivity index (χ4v) is 9.48. The SMILES string of the molecule is CC[C@H]1c2cc3[n-]c(c(CC(=O)OC)c4nc(cc5[n-]c(cc(n2)[C@@H]1C)c(C(C)=O)c5C)[C@@H](C)[C@@H]4CCC(=O)NCCN1CCOCC1)c(C(=O)NCCN1CCOCC1)c3C.[Pd+2]. The van der Waals surface area contributed by atoms with Gasteiger partial charge >= 0.3 is 26.4 Å². The van der Waals surface area contributed by atoms with E-state index in [-0.39, 0.29) is 74.5 Å². The smallest absolute Gasteiger partial charge is 0.657 e. The van der Waals surface area contributed by atoms with Crippen molar-refractivity contribution in [3.05, 3.63) is 68.8 Å². The Labute approximate surface area is 383 Å². The number of aromatic nitrogens is 4. The summed E-state index contributed by atoms with van der Waals surface area (Å²) < 4.78 is 16.3. The van der Waals surface area contributed by atoms with Crippen molar-refractivity contribution in [1.82, 2.24) is 40.4 Å². The Hall–Kier alpha value is -4.30. The first-order chi connectivity index (χ1) is 29.9. The molecular weight excluding hydrogens is 895 g/mol. The van der Waals surface area contributed by atoms with E-state index in [1.165, 1.54) is 7.11 Å². The Morgan fingerprint density at radius 2 is 1.33 bits per heavy atom. The standard InChI is InChI=1S/C47H64N8O7.Pd/c1-8-32-27(2)35-26-40-43(31(6)56)29(4)37(51-40)24-36-28(3)33(9-10-41(57)48-11-13-54-15-19-61-20-16-54)45(52-36)34(23-42(58)60-7)46-44(30(5)38(53-46)25-39(32)50-35)47(59)49-12-14-55-17-21-62-22-18-55;/h24-28,32-33H,8-23H2,1-7H3,(H4,48,49,50,51,52,53,56,57,59);/q;+2/p-2/t27-,28+,32-,33+;/m1./s1. The van der Waals surface area contributed by atoms with Crippen molar-refractivity contribution in [2.45, 2.75) is 90.9 Å². The van der Waals surface area contributed by atoms with Crippen LogP contribution in [0.3, 0.4) is 0 Å². The topological polar surface area (TPSA) is 180 Å². The van der Waals surface area contributed by atoms with Crippen LogP contribution in [0.15, 0.2) is 18.2 Å². The van der Waals surface area contributed by atoms with Gasteiger partial charge in [0.1, 0.15) is 0 Å². The molecule has 3 aromatic rings. The molecular formula is C47H62N8O7Pd. The number of carbonyl (C=O) groups excluding carboxylic acids is 4. The molecule has 4 atom stereocenters. The van der Waals surface area contributed by atoms with Crippen LogP contribution in [-0.2, 0) is 50.6 Å². The van der Waals surface area contributed by atoms with E-state index in [9.17, 15) is 19.2 Å². The molecule has 0 unspecified atom stereocenters. The van der Waals surface area contributed by atoms with Gasteiger partial charge in [-0.25, -0.2) is 0 Å². The molecule has 2 saturated heterocycles. The van der Waals surface area contributed by atoms with Crippen molar-refractivity contribution in [3.63, 3.8) is 0 Å². The van der Waals surface area contributed by atoms with Crippen LogP contribution in [-0.4, -0.2) is 129 Å². The third-order valence-corrected chi connectivity index (χ3v) is 13.2. The summed E-state index contributed by atoms with van der Waals surface area (Å²) in [5.41, 5.74) is 7.81. The van der Waals surface area contributed by atoms with Crippen LogP contribution in [0.1, 0.15) is 131 Å². The minimum atomic E-state index is -0.509. The number of esters is 1. The zero-order valence-corrected chi connectivity index (χ0v) is 39.3. The van der Waals surface area contributed by atoms with Crippen molar-refractivity contribution in [2.24, 2.45) is 0 Å². The molecule has 2 N–H and O–H groups in total. The Kier molecular flexibility index (Phi) is 16.5. The maximum Gasteiger partial charge on any atom is 2.00 e. The van der Waals surface area contributed by atoms with Crippen molar-refractivity contribution in [3.8, 4) is 0 Å². The van der Waals surface area contributed by atoms with E-state index >= 15 is 0 Å². The molecule has 0 aliphatic carbocycles. The van der Waals surface area contributed by atoms with Gasteiger partial charge in [0, 0.05) is 116 Å². The largest absolute Gasteiger partial charge is 2.00 e. The Bertz CT molecular complexity index is 2330. The molecule has 4 aliphatic heterocycles. The first-order valence-corrected chi connectivity index (χ1v) is 22.3. The summed E-state index contributed by atoms with van der Waals surface area (Å²) in [6, 6.07) is 5.81. The Morgan fingerprint density at radius 3 is 1.95 bits per heavy atom. The molecule has 7 heterocycles. The van der Waals surface area contributed by atoms with Crippen molar-refractivity contribution in [2.75, 3.05) is 85.9 Å². The molecule has 0 radical (unpaired) electrons. The number of ketones is 1. The number of fused-ring (bicyclic) bond motifs is 8. The zero-order valence-electron chi connectivity index (χ0n) is 37.7. The number of hydrogen-bond donors (Lipinski definition) is 2. The van der Waals surface area contributed by atoms with Crippen LogP contribution in [0, 0.1) is 13.8 Å². The molecule has 15 nitrogen and oxygen atoms in total. The predicted molar refractivity (Wildman–Crippen MR) is 236 cm³/mol. The molecule has 2 amide bonds. The second-order valence-corrected chi connectivity index (χ2v) is 17.1. The minimum absolute atomic E-state index is 0. The van der Waals surface area contributed by atoms with Gasteiger partial charge in [-0.1, -0.05) is 50.1 Å². The van der Waals surface area contributed by atoms with Gasteiger partial charge in [-0.3, -0.25) is 38.9 Å². The molecule has 0 aromatic carbocycles. The van der Waals surface area contributed by atoms with Crippen LogP contribution < -0.4 is 20.6 Å². The number of methoxy groups -OCH3 is 1. The van der Waals surface area contributed by atoms with Crippen LogP contribution in [0.4, 0.5) is 0 Å². The molecule has 7 rings (SSSR count). The second-order valence-electron chi connectivity index (χ2n) is 17.1. The summed E-state index contributed by atoms with van der Waals surface area (Å²) in [7, 11) is 1.34. The molecule has 4 aliphatic rings. The van der Waals surface area contributed by atoms with Gasteiger partial charge in [0.05, 0.1) is 40.0 Å². The number of nitrogens with one attached hydrogen (secondary N) is 2. The number of rotatable bonds is 14. The summed E-state index contributed by atoms with van der Waals surface area (Å²) in [6.45, 7) is 19.9. The van der Waals surface area contributed by atoms with Gasteiger partial charge in [0.15, 0.2) is 5.78 Å². The quantitative estimate of drug-likeness (QED) is 0.130. The van der Waals surface area contributed by atoms with E-state index in [4.69, 9.17) is 34.1 Å². The molecule has 3 aromatic heterocycles. The fourth-order valence-electron chi connectivity index (χ4n) is 9.48. The number of Topliss-reactive ketones (excluding diaryl/α,β-unsaturated/α-hetero) is 1. The summed E-state index contributed by atoms with van der Waals surface area (Å²) in [4.78, 5) is 79.9. The number of morpholine rings is 2. The first-order valence-electron chi connectivity index (χ1n) is 22.3. The summed E-state index contributed by atoms with van der Waals surface area (Å²) in [5.74, 6) is -1.47. The van der Waals surface area contributed by atoms with Gasteiger partial charge in [-0.2, -0.15) is 0 Å². The summed E-state index contributed by atoms with van der Waals surface area (Å²) >= 11 is 0. The van der Waals surface area contributed by atoms with Crippen molar-refractivity contribution < 1.29 is 53.8 Å². The molecule has 2 fully saturated rings. The number of carbonyl (C=O) groups is 4. The zero-order chi connectivity index (χ0) is 44.1. The second kappa shape index (κ2) is 21.6. The van der Waals surface area contributed by atoms with E-state index in [1.807, 2.05) is 32.0 Å². The van der Waals surface area contributed by atoms with Crippen molar-refractivity contribution >= 4 is 45.6 Å². The van der Waals surface area contributed by atoms with Gasteiger partial charge in [0.25, 0.3) is 0 Å².